The number of carbonyl (C=O) groups is 2. The third-order valence-corrected chi connectivity index (χ3v) is 4.79. The van der Waals surface area contributed by atoms with E-state index >= 15 is 0 Å². The van der Waals surface area contributed by atoms with Crippen LogP contribution in [-0.2, 0) is 19.6 Å². The highest BCUT2D eigenvalue weighted by atomic mass is 32.2. The smallest absolute Gasteiger partial charge is 0.243 e. The zero-order valence-electron chi connectivity index (χ0n) is 11.2. The highest BCUT2D eigenvalue weighted by molar-refractivity contribution is 7.89. The molecule has 1 aliphatic rings. The standard InChI is InChI=1S/C12H16N4O4S/c13-7-11(17)15-9-2-1-3-10(6-9)21(19,20)16-5-4-14-12(18)8-16/h1-3,6H,4-5,7-8,13H2,(H,14,18)(H,15,17). The van der Waals surface area contributed by atoms with Crippen molar-refractivity contribution in [3.63, 3.8) is 0 Å². The van der Waals surface area contributed by atoms with E-state index in [-0.39, 0.29) is 37.0 Å². The van der Waals surface area contributed by atoms with Crippen molar-refractivity contribution in [2.45, 2.75) is 4.90 Å². The molecule has 114 valence electrons. The summed E-state index contributed by atoms with van der Waals surface area (Å²) in [4.78, 5) is 22.6. The SMILES string of the molecule is NCC(=O)Nc1cccc(S(=O)(=O)N2CCNC(=O)C2)c1. The maximum Gasteiger partial charge on any atom is 0.243 e. The Morgan fingerprint density at radius 2 is 2.19 bits per heavy atom. The van der Waals surface area contributed by atoms with Gasteiger partial charge in [-0.3, -0.25) is 9.59 Å². The molecule has 1 aliphatic heterocycles. The lowest BCUT2D eigenvalue weighted by molar-refractivity contribution is -0.122. The van der Waals surface area contributed by atoms with Crippen molar-refractivity contribution in [1.29, 1.82) is 0 Å². The second kappa shape index (κ2) is 6.20. The van der Waals surface area contributed by atoms with Gasteiger partial charge in [0.25, 0.3) is 0 Å². The van der Waals surface area contributed by atoms with E-state index in [1.54, 1.807) is 6.07 Å². The van der Waals surface area contributed by atoms with Gasteiger partial charge in [-0.25, -0.2) is 8.42 Å². The van der Waals surface area contributed by atoms with E-state index in [2.05, 4.69) is 10.6 Å². The molecule has 0 spiro atoms. The quantitative estimate of drug-likeness (QED) is 0.638. The number of sulfonamides is 1. The maximum absolute atomic E-state index is 12.4. The number of hydrogen-bond acceptors (Lipinski definition) is 5. The minimum Gasteiger partial charge on any atom is -0.354 e. The molecule has 0 unspecified atom stereocenters. The van der Waals surface area contributed by atoms with Crippen LogP contribution in [0.3, 0.4) is 0 Å². The van der Waals surface area contributed by atoms with E-state index in [1.807, 2.05) is 0 Å². The van der Waals surface area contributed by atoms with Gasteiger partial charge in [0.2, 0.25) is 21.8 Å². The Morgan fingerprint density at radius 3 is 2.86 bits per heavy atom. The van der Waals surface area contributed by atoms with Gasteiger partial charge in [0, 0.05) is 18.8 Å². The van der Waals surface area contributed by atoms with Crippen molar-refractivity contribution in [2.75, 3.05) is 31.5 Å². The van der Waals surface area contributed by atoms with Crippen molar-refractivity contribution in [2.24, 2.45) is 5.73 Å². The van der Waals surface area contributed by atoms with Crippen LogP contribution in [0.15, 0.2) is 29.2 Å². The Hall–Kier alpha value is -1.97. The van der Waals surface area contributed by atoms with Gasteiger partial charge >= 0.3 is 0 Å². The van der Waals surface area contributed by atoms with Gasteiger partial charge in [0.1, 0.15) is 0 Å². The lowest BCUT2D eigenvalue weighted by atomic mass is 10.3. The fraction of sp³-hybridized carbons (Fsp3) is 0.333. The minimum absolute atomic E-state index is 0.0204. The number of nitrogens with one attached hydrogen (secondary N) is 2. The van der Waals surface area contributed by atoms with Crippen LogP contribution in [0.2, 0.25) is 0 Å². The summed E-state index contributed by atoms with van der Waals surface area (Å²) in [5, 5.41) is 5.05. The summed E-state index contributed by atoms with van der Waals surface area (Å²) in [7, 11) is -3.77. The third kappa shape index (κ3) is 3.57. The monoisotopic (exact) mass is 312 g/mol. The number of nitrogens with zero attached hydrogens (tertiary/aromatic N) is 1. The van der Waals surface area contributed by atoms with E-state index in [9.17, 15) is 18.0 Å². The Morgan fingerprint density at radius 1 is 1.43 bits per heavy atom. The highest BCUT2D eigenvalue weighted by Crippen LogP contribution is 2.20. The van der Waals surface area contributed by atoms with E-state index in [0.717, 1.165) is 4.31 Å². The average Bonchev–Trinajstić information content (AvgIpc) is 2.47. The van der Waals surface area contributed by atoms with E-state index in [0.29, 0.717) is 5.69 Å². The van der Waals surface area contributed by atoms with Crippen LogP contribution in [0, 0.1) is 0 Å². The molecule has 4 N–H and O–H groups in total. The van der Waals surface area contributed by atoms with Crippen molar-refractivity contribution in [1.82, 2.24) is 9.62 Å². The topological polar surface area (TPSA) is 122 Å². The minimum atomic E-state index is -3.77. The number of carbonyl (C=O) groups excluding carboxylic acids is 2. The molecule has 2 rings (SSSR count). The van der Waals surface area contributed by atoms with Crippen LogP contribution in [0.1, 0.15) is 0 Å². The summed E-state index contributed by atoms with van der Waals surface area (Å²) < 4.78 is 26.0. The lowest BCUT2D eigenvalue weighted by Crippen LogP contribution is -2.49. The zero-order chi connectivity index (χ0) is 15.5. The fourth-order valence-electron chi connectivity index (χ4n) is 1.92. The van der Waals surface area contributed by atoms with Gasteiger partial charge in [-0.1, -0.05) is 6.07 Å². The van der Waals surface area contributed by atoms with Crippen LogP contribution in [-0.4, -0.2) is 50.7 Å². The highest BCUT2D eigenvalue weighted by Gasteiger charge is 2.29. The van der Waals surface area contributed by atoms with Crippen molar-refractivity contribution in [3.05, 3.63) is 24.3 Å². The Labute approximate surface area is 122 Å². The van der Waals surface area contributed by atoms with Crippen LogP contribution in [0.5, 0.6) is 0 Å². The molecule has 0 atom stereocenters. The molecular weight excluding hydrogens is 296 g/mol. The summed E-state index contributed by atoms with van der Waals surface area (Å²) >= 11 is 0. The van der Waals surface area contributed by atoms with E-state index in [1.165, 1.54) is 18.2 Å². The summed E-state index contributed by atoms with van der Waals surface area (Å²) in [5.74, 6) is -0.751. The van der Waals surface area contributed by atoms with Crippen LogP contribution >= 0.6 is 0 Å². The van der Waals surface area contributed by atoms with Crippen LogP contribution < -0.4 is 16.4 Å². The van der Waals surface area contributed by atoms with Crippen molar-refractivity contribution in [3.8, 4) is 0 Å². The molecule has 1 aromatic rings. The number of anilines is 1. The molecule has 2 amide bonds. The number of piperazine rings is 1. The first-order valence-electron chi connectivity index (χ1n) is 6.30. The lowest BCUT2D eigenvalue weighted by Gasteiger charge is -2.26. The molecule has 9 heteroatoms. The molecule has 1 heterocycles. The largest absolute Gasteiger partial charge is 0.354 e. The Kier molecular flexibility index (Phi) is 4.56. The van der Waals surface area contributed by atoms with Crippen molar-refractivity contribution >= 4 is 27.5 Å². The molecular formula is C12H16N4O4S. The van der Waals surface area contributed by atoms with Crippen molar-refractivity contribution < 1.29 is 18.0 Å². The molecule has 0 bridgehead atoms. The first-order chi connectivity index (χ1) is 9.93. The van der Waals surface area contributed by atoms with Crippen LogP contribution in [0.4, 0.5) is 5.69 Å². The second-order valence-electron chi connectivity index (χ2n) is 4.47. The molecule has 1 saturated heterocycles. The van der Waals surface area contributed by atoms with Gasteiger partial charge in [-0.2, -0.15) is 4.31 Å². The van der Waals surface area contributed by atoms with Gasteiger partial charge in [0.05, 0.1) is 18.0 Å². The summed E-state index contributed by atoms with van der Waals surface area (Å²) in [6, 6.07) is 5.84. The number of amides is 2. The van der Waals surface area contributed by atoms with Gasteiger partial charge in [-0.05, 0) is 18.2 Å². The Balaban J connectivity index is 2.25. The predicted octanol–water partition coefficient (Wildman–Crippen LogP) is -1.30. The molecule has 1 fully saturated rings. The summed E-state index contributed by atoms with van der Waals surface area (Å²) in [6.45, 7) is 0.0973. The third-order valence-electron chi connectivity index (χ3n) is 2.94. The zero-order valence-corrected chi connectivity index (χ0v) is 12.0. The number of rotatable bonds is 4. The molecule has 0 aromatic heterocycles. The molecule has 0 aliphatic carbocycles. The maximum atomic E-state index is 12.4. The first-order valence-corrected chi connectivity index (χ1v) is 7.74. The molecule has 8 nitrogen and oxygen atoms in total. The average molecular weight is 312 g/mol. The van der Waals surface area contributed by atoms with E-state index < -0.39 is 15.9 Å². The summed E-state index contributed by atoms with van der Waals surface area (Å²) in [5.41, 5.74) is 5.53. The number of benzene rings is 1. The Bertz CT molecular complexity index is 659. The van der Waals surface area contributed by atoms with Gasteiger partial charge in [0.15, 0.2) is 0 Å². The molecule has 1 aromatic carbocycles. The molecule has 0 saturated carbocycles. The predicted molar refractivity (Wildman–Crippen MR) is 75.9 cm³/mol. The van der Waals surface area contributed by atoms with Gasteiger partial charge in [-0.15, -0.1) is 0 Å². The second-order valence-corrected chi connectivity index (χ2v) is 6.41. The summed E-state index contributed by atoms with van der Waals surface area (Å²) in [6.07, 6.45) is 0. The van der Waals surface area contributed by atoms with Crippen LogP contribution in [0.25, 0.3) is 0 Å². The molecule has 21 heavy (non-hydrogen) atoms. The number of nitrogens with two attached hydrogens (primary N) is 1. The number of hydrogen-bond donors (Lipinski definition) is 3. The fourth-order valence-corrected chi connectivity index (χ4v) is 3.36. The van der Waals surface area contributed by atoms with Gasteiger partial charge < -0.3 is 16.4 Å². The molecule has 0 radical (unpaired) electrons. The first kappa shape index (κ1) is 15.4. The van der Waals surface area contributed by atoms with E-state index in [4.69, 9.17) is 5.73 Å². The normalized spacial score (nSPS) is 16.3.